The molecule has 4 heterocycles. The van der Waals surface area contributed by atoms with Gasteiger partial charge in [0.1, 0.15) is 50.6 Å². The zero-order valence-electron chi connectivity index (χ0n) is 47.2. The SMILES string of the molecule is CC1(C)CC(OC(=O)CN(CC(=O)OC2CC(C)(C)NC(C)(C)C2)C(=O)C2C3CC(C)(C2C(=O)N(CC(=O)OC2CC(C)(C)NC(C)(C)C2)CC(=O)OC2CC(C)(C)NC(C)(C)C2)C3(C)C)CC(C)(C)N1. The Balaban J connectivity index is 1.31. The minimum absolute atomic E-state index is 0.320. The number of ether oxygens (including phenoxy) is 4. The van der Waals surface area contributed by atoms with Gasteiger partial charge in [-0.2, -0.15) is 0 Å². The maximum absolute atomic E-state index is 15.6. The Labute approximate surface area is 426 Å². The number of rotatable bonds is 14. The zero-order chi connectivity index (χ0) is 53.5. The van der Waals surface area contributed by atoms with Crippen molar-refractivity contribution in [3.8, 4) is 0 Å². The molecule has 7 aliphatic rings. The molecule has 7 rings (SSSR count). The molecule has 2 bridgehead atoms. The van der Waals surface area contributed by atoms with Crippen LogP contribution in [0.3, 0.4) is 0 Å². The first-order valence-electron chi connectivity index (χ1n) is 26.5. The summed E-state index contributed by atoms with van der Waals surface area (Å²) in [6.45, 7) is 36.9. The van der Waals surface area contributed by atoms with Crippen molar-refractivity contribution >= 4 is 35.7 Å². The molecule has 0 aromatic rings. The fourth-order valence-electron chi connectivity index (χ4n) is 15.3. The predicted octanol–water partition coefficient (Wildman–Crippen LogP) is 6.35. The maximum Gasteiger partial charge on any atom is 0.325 e. The highest BCUT2D eigenvalue weighted by Gasteiger charge is 2.75. The number of hydrogen-bond acceptors (Lipinski definition) is 14. The van der Waals surface area contributed by atoms with Crippen molar-refractivity contribution < 1.29 is 47.7 Å². The van der Waals surface area contributed by atoms with Gasteiger partial charge in [0.2, 0.25) is 11.8 Å². The van der Waals surface area contributed by atoms with E-state index in [0.29, 0.717) is 57.8 Å². The lowest BCUT2D eigenvalue weighted by Gasteiger charge is -2.54. The molecule has 16 heteroatoms. The van der Waals surface area contributed by atoms with Crippen LogP contribution in [0.25, 0.3) is 0 Å². The molecule has 404 valence electrons. The number of esters is 4. The van der Waals surface area contributed by atoms with E-state index in [2.05, 4.69) is 132 Å². The van der Waals surface area contributed by atoms with Gasteiger partial charge in [0.25, 0.3) is 0 Å². The number of amides is 2. The van der Waals surface area contributed by atoms with Crippen LogP contribution in [0.5, 0.6) is 0 Å². The molecule has 0 aromatic carbocycles. The highest BCUT2D eigenvalue weighted by molar-refractivity contribution is 5.95. The van der Waals surface area contributed by atoms with Crippen molar-refractivity contribution in [2.45, 2.75) is 258 Å². The molecule has 4 atom stereocenters. The summed E-state index contributed by atoms with van der Waals surface area (Å²) in [5, 5.41) is 14.4. The highest BCUT2D eigenvalue weighted by atomic mass is 16.6. The lowest BCUT2D eigenvalue weighted by Crippen LogP contribution is -2.60. The van der Waals surface area contributed by atoms with Gasteiger partial charge in [-0.1, -0.05) is 20.8 Å². The van der Waals surface area contributed by atoms with E-state index in [4.69, 9.17) is 18.9 Å². The quantitative estimate of drug-likeness (QED) is 0.111. The van der Waals surface area contributed by atoms with Crippen LogP contribution >= 0.6 is 0 Å². The second-order valence-electron chi connectivity index (χ2n) is 29.0. The fraction of sp³-hybridized carbons (Fsp3) is 0.891. The largest absolute Gasteiger partial charge is 0.461 e. The third kappa shape index (κ3) is 13.7. The Morgan fingerprint density at radius 1 is 0.366 bits per heavy atom. The van der Waals surface area contributed by atoms with E-state index < -0.39 is 109 Å². The van der Waals surface area contributed by atoms with Crippen LogP contribution in [-0.2, 0) is 47.7 Å². The average molecular weight is 999 g/mol. The van der Waals surface area contributed by atoms with Gasteiger partial charge >= 0.3 is 23.9 Å². The highest BCUT2D eigenvalue weighted by Crippen LogP contribution is 2.75. The summed E-state index contributed by atoms with van der Waals surface area (Å²) in [7, 11) is 0. The first kappa shape index (κ1) is 56.9. The predicted molar refractivity (Wildman–Crippen MR) is 272 cm³/mol. The van der Waals surface area contributed by atoms with Crippen LogP contribution in [0.1, 0.15) is 189 Å². The van der Waals surface area contributed by atoms with Crippen LogP contribution in [0, 0.1) is 28.6 Å². The van der Waals surface area contributed by atoms with Crippen molar-refractivity contribution in [2.24, 2.45) is 28.6 Å². The molecule has 2 amide bonds. The summed E-state index contributed by atoms with van der Waals surface area (Å²) in [6.07, 6.45) is 3.13. The van der Waals surface area contributed by atoms with E-state index in [0.717, 1.165) is 0 Å². The maximum atomic E-state index is 15.6. The summed E-state index contributed by atoms with van der Waals surface area (Å²) in [5.41, 5.74) is -3.91. The van der Waals surface area contributed by atoms with Gasteiger partial charge in [-0.25, -0.2) is 0 Å². The summed E-state index contributed by atoms with van der Waals surface area (Å²) in [4.78, 5) is 90.3. The van der Waals surface area contributed by atoms with Crippen LogP contribution < -0.4 is 21.3 Å². The van der Waals surface area contributed by atoms with E-state index >= 15 is 9.59 Å². The molecule has 4 saturated heterocycles. The van der Waals surface area contributed by atoms with Crippen molar-refractivity contribution in [3.05, 3.63) is 0 Å². The first-order chi connectivity index (χ1) is 32.0. The molecule has 0 aromatic heterocycles. The molecule has 7 fully saturated rings. The van der Waals surface area contributed by atoms with Crippen molar-refractivity contribution in [1.29, 1.82) is 0 Å². The smallest absolute Gasteiger partial charge is 0.325 e. The number of fused-ring (bicyclic) bond motifs is 1. The Bertz CT molecular complexity index is 1900. The zero-order valence-corrected chi connectivity index (χ0v) is 47.2. The topological polar surface area (TPSA) is 194 Å². The number of carbonyl (C=O) groups excluding carboxylic acids is 6. The third-order valence-electron chi connectivity index (χ3n) is 16.8. The number of nitrogens with zero attached hydrogens (tertiary/aromatic N) is 2. The monoisotopic (exact) mass is 999 g/mol. The number of piperidine rings is 4. The van der Waals surface area contributed by atoms with E-state index in [1.165, 1.54) is 9.80 Å². The summed E-state index contributed by atoms with van der Waals surface area (Å²) in [6, 6.07) is 0. The second kappa shape index (κ2) is 19.1. The molecular weight excluding hydrogens is 905 g/mol. The molecular formula is C55H94N6O10. The van der Waals surface area contributed by atoms with Gasteiger partial charge < -0.3 is 50.0 Å². The summed E-state index contributed by atoms with van der Waals surface area (Å²) in [5.74, 6) is -6.07. The fourth-order valence-corrected chi connectivity index (χ4v) is 15.3. The Morgan fingerprint density at radius 2 is 0.592 bits per heavy atom. The second-order valence-corrected chi connectivity index (χ2v) is 29.0. The summed E-state index contributed by atoms with van der Waals surface area (Å²) >= 11 is 0. The van der Waals surface area contributed by atoms with Gasteiger partial charge in [-0.3, -0.25) is 28.8 Å². The lowest BCUT2D eigenvalue weighted by molar-refractivity contribution is -0.167. The number of nitrogens with one attached hydrogen (secondary N) is 4. The first-order valence-corrected chi connectivity index (χ1v) is 26.5. The Hall–Kier alpha value is -3.34. The standard InChI is InChI=1S/C55H94N6O10/c1-46(2)20-33(21-47(3,4)56-46)68-38(62)29-60(30-39(63)69-34-22-48(5,6)57-49(7,8)23-34)44(66)42-37-28-55(19,54(37,17)18)43(42)45(67)61(31-40(64)70-35-24-50(9,10)58-51(11,12)25-35)32-41(65)71-36-26-52(13,14)59-53(15,16)27-36/h33-37,42-43,56-59H,20-32H2,1-19H3. The van der Waals surface area contributed by atoms with Gasteiger partial charge in [-0.05, 0) is 134 Å². The number of hydrogen-bond donors (Lipinski definition) is 4. The van der Waals surface area contributed by atoms with E-state index in [-0.39, 0.29) is 50.2 Å². The molecule has 0 radical (unpaired) electrons. The van der Waals surface area contributed by atoms with Crippen LogP contribution in [0.15, 0.2) is 0 Å². The normalized spacial score (nSPS) is 31.0. The minimum Gasteiger partial charge on any atom is -0.461 e. The molecule has 4 aliphatic heterocycles. The minimum atomic E-state index is -1.02. The van der Waals surface area contributed by atoms with Gasteiger partial charge in [-0.15, -0.1) is 0 Å². The molecule has 16 nitrogen and oxygen atoms in total. The van der Waals surface area contributed by atoms with Crippen LogP contribution in [-0.4, -0.2) is 140 Å². The lowest BCUT2D eigenvalue weighted by atomic mass is 9.50. The van der Waals surface area contributed by atoms with E-state index in [1.807, 2.05) is 20.8 Å². The van der Waals surface area contributed by atoms with Crippen molar-refractivity contribution in [1.82, 2.24) is 31.1 Å². The van der Waals surface area contributed by atoms with Crippen molar-refractivity contribution in [2.75, 3.05) is 26.2 Å². The summed E-state index contributed by atoms with van der Waals surface area (Å²) < 4.78 is 24.6. The number of carbonyl (C=O) groups is 6. The molecule has 4 unspecified atom stereocenters. The molecule has 4 N–H and O–H groups in total. The van der Waals surface area contributed by atoms with E-state index in [9.17, 15) is 19.2 Å². The van der Waals surface area contributed by atoms with Gasteiger partial charge in [0.15, 0.2) is 0 Å². The Morgan fingerprint density at radius 3 is 0.817 bits per heavy atom. The van der Waals surface area contributed by atoms with Crippen LogP contribution in [0.2, 0.25) is 0 Å². The Kier molecular flexibility index (Phi) is 15.3. The van der Waals surface area contributed by atoms with Gasteiger partial charge in [0, 0.05) is 95.7 Å². The van der Waals surface area contributed by atoms with Gasteiger partial charge in [0.05, 0.1) is 11.8 Å². The van der Waals surface area contributed by atoms with E-state index in [1.54, 1.807) is 0 Å². The molecule has 3 saturated carbocycles. The third-order valence-corrected chi connectivity index (χ3v) is 16.8. The molecule has 3 aliphatic carbocycles. The molecule has 0 spiro atoms. The average Bonchev–Trinajstić information content (AvgIpc) is 3.52. The van der Waals surface area contributed by atoms with Crippen molar-refractivity contribution in [3.63, 3.8) is 0 Å². The van der Waals surface area contributed by atoms with Crippen LogP contribution in [0.4, 0.5) is 0 Å². The molecule has 71 heavy (non-hydrogen) atoms.